The third-order valence-electron chi connectivity index (χ3n) is 2.42. The van der Waals surface area contributed by atoms with E-state index in [1.165, 1.54) is 29.3 Å². The van der Waals surface area contributed by atoms with Crippen LogP contribution in [-0.2, 0) is 0 Å². The molecule has 0 bridgehead atoms. The molecule has 17 heavy (non-hydrogen) atoms. The Morgan fingerprint density at radius 2 is 2.24 bits per heavy atom. The van der Waals surface area contributed by atoms with Crippen LogP contribution in [0.15, 0.2) is 41.6 Å². The third-order valence-corrected chi connectivity index (χ3v) is 2.42. The Morgan fingerprint density at radius 3 is 3.06 bits per heavy atom. The van der Waals surface area contributed by atoms with Gasteiger partial charge in [-0.1, -0.05) is 6.07 Å². The van der Waals surface area contributed by atoms with Gasteiger partial charge in [-0.25, -0.2) is 14.1 Å². The Balaban J connectivity index is 2.32. The van der Waals surface area contributed by atoms with E-state index in [4.69, 9.17) is 0 Å². The molecule has 84 valence electrons. The van der Waals surface area contributed by atoms with Gasteiger partial charge in [-0.15, -0.1) is 0 Å². The van der Waals surface area contributed by atoms with E-state index >= 15 is 0 Å². The summed E-state index contributed by atoms with van der Waals surface area (Å²) >= 11 is 0. The molecule has 0 spiro atoms. The van der Waals surface area contributed by atoms with Gasteiger partial charge in [0.2, 0.25) is 0 Å². The van der Waals surface area contributed by atoms with E-state index in [-0.39, 0.29) is 11.4 Å². The lowest BCUT2D eigenvalue weighted by Crippen LogP contribution is -2.06. The molecule has 0 fully saturated rings. The van der Waals surface area contributed by atoms with Gasteiger partial charge in [0.25, 0.3) is 5.56 Å². The second-order valence-electron chi connectivity index (χ2n) is 3.51. The van der Waals surface area contributed by atoms with Crippen LogP contribution >= 0.6 is 0 Å². The minimum absolute atomic E-state index is 0.266. The summed E-state index contributed by atoms with van der Waals surface area (Å²) in [6, 6.07) is 5.94. The number of benzene rings is 1. The molecule has 2 aromatic heterocycles. The van der Waals surface area contributed by atoms with Crippen molar-refractivity contribution in [1.29, 1.82) is 0 Å². The van der Waals surface area contributed by atoms with E-state index in [1.807, 2.05) is 0 Å². The van der Waals surface area contributed by atoms with Gasteiger partial charge in [-0.3, -0.25) is 4.79 Å². The number of halogens is 1. The Labute approximate surface area is 94.5 Å². The number of nitrogens with zero attached hydrogens (tertiary/aromatic N) is 3. The molecule has 0 amide bonds. The van der Waals surface area contributed by atoms with Crippen LogP contribution in [0.1, 0.15) is 0 Å². The van der Waals surface area contributed by atoms with Crippen molar-refractivity contribution in [3.05, 3.63) is 53.0 Å². The van der Waals surface area contributed by atoms with Gasteiger partial charge in [0, 0.05) is 0 Å². The van der Waals surface area contributed by atoms with E-state index in [2.05, 4.69) is 15.1 Å². The maximum atomic E-state index is 13.1. The van der Waals surface area contributed by atoms with Crippen molar-refractivity contribution in [2.24, 2.45) is 0 Å². The molecule has 3 rings (SSSR count). The maximum Gasteiger partial charge on any atom is 0.261 e. The van der Waals surface area contributed by atoms with Gasteiger partial charge in [-0.05, 0) is 18.2 Å². The monoisotopic (exact) mass is 230 g/mol. The normalized spacial score (nSPS) is 10.9. The number of aromatic nitrogens is 4. The van der Waals surface area contributed by atoms with Crippen LogP contribution in [0.4, 0.5) is 4.39 Å². The van der Waals surface area contributed by atoms with Crippen molar-refractivity contribution in [2.75, 3.05) is 0 Å². The van der Waals surface area contributed by atoms with Crippen molar-refractivity contribution in [3.8, 4) is 5.69 Å². The van der Waals surface area contributed by atoms with Crippen LogP contribution in [0.2, 0.25) is 0 Å². The van der Waals surface area contributed by atoms with Gasteiger partial charge in [-0.2, -0.15) is 5.10 Å². The number of aromatic amines is 1. The minimum Gasteiger partial charge on any atom is -0.312 e. The van der Waals surface area contributed by atoms with Crippen molar-refractivity contribution >= 4 is 11.0 Å². The van der Waals surface area contributed by atoms with E-state index in [0.29, 0.717) is 16.7 Å². The average Bonchev–Trinajstić information content (AvgIpc) is 2.74. The minimum atomic E-state index is -0.365. The molecule has 1 aromatic carbocycles. The highest BCUT2D eigenvalue weighted by molar-refractivity contribution is 5.74. The zero-order valence-corrected chi connectivity index (χ0v) is 8.59. The summed E-state index contributed by atoms with van der Waals surface area (Å²) in [6.45, 7) is 0. The summed E-state index contributed by atoms with van der Waals surface area (Å²) in [5.41, 5.74) is 0.662. The summed E-state index contributed by atoms with van der Waals surface area (Å²) in [4.78, 5) is 18.0. The maximum absolute atomic E-state index is 13.1. The molecule has 0 aliphatic rings. The standard InChI is InChI=1S/C11H7FN4O/c12-7-2-1-3-8(4-7)16-10-9(5-15-16)11(17)14-6-13-10/h1-6H,(H,13,14,17). The van der Waals surface area contributed by atoms with Crippen LogP contribution in [0.3, 0.4) is 0 Å². The molecule has 0 saturated heterocycles. The lowest BCUT2D eigenvalue weighted by atomic mass is 10.3. The fourth-order valence-electron chi connectivity index (χ4n) is 1.65. The first-order valence-electron chi connectivity index (χ1n) is 4.93. The summed E-state index contributed by atoms with van der Waals surface area (Å²) in [5.74, 6) is -0.365. The van der Waals surface area contributed by atoms with E-state index in [1.54, 1.807) is 12.1 Å². The third kappa shape index (κ3) is 1.50. The highest BCUT2D eigenvalue weighted by Gasteiger charge is 2.08. The topological polar surface area (TPSA) is 63.6 Å². The highest BCUT2D eigenvalue weighted by atomic mass is 19.1. The van der Waals surface area contributed by atoms with Crippen LogP contribution < -0.4 is 5.56 Å². The Morgan fingerprint density at radius 1 is 1.35 bits per heavy atom. The Hall–Kier alpha value is -2.50. The van der Waals surface area contributed by atoms with E-state index in [0.717, 1.165) is 0 Å². The molecule has 0 unspecified atom stereocenters. The largest absolute Gasteiger partial charge is 0.312 e. The van der Waals surface area contributed by atoms with Crippen molar-refractivity contribution < 1.29 is 4.39 Å². The average molecular weight is 230 g/mol. The molecule has 0 atom stereocenters. The molecule has 3 aromatic rings. The summed E-state index contributed by atoms with van der Waals surface area (Å²) < 4.78 is 14.5. The second-order valence-corrected chi connectivity index (χ2v) is 3.51. The fourth-order valence-corrected chi connectivity index (χ4v) is 1.65. The smallest absolute Gasteiger partial charge is 0.261 e. The zero-order chi connectivity index (χ0) is 11.8. The first-order valence-corrected chi connectivity index (χ1v) is 4.93. The summed E-state index contributed by atoms with van der Waals surface area (Å²) in [5, 5.41) is 4.41. The summed E-state index contributed by atoms with van der Waals surface area (Å²) in [6.07, 6.45) is 2.70. The number of H-pyrrole nitrogens is 1. The van der Waals surface area contributed by atoms with Gasteiger partial charge >= 0.3 is 0 Å². The first kappa shape index (κ1) is 9.71. The molecule has 0 radical (unpaired) electrons. The van der Waals surface area contributed by atoms with Gasteiger partial charge < -0.3 is 4.98 Å². The molecule has 0 aliphatic heterocycles. The lowest BCUT2D eigenvalue weighted by molar-refractivity contribution is 0.625. The van der Waals surface area contributed by atoms with Crippen molar-refractivity contribution in [1.82, 2.24) is 19.7 Å². The number of hydrogen-bond acceptors (Lipinski definition) is 3. The molecule has 2 heterocycles. The summed E-state index contributed by atoms with van der Waals surface area (Å²) in [7, 11) is 0. The van der Waals surface area contributed by atoms with Crippen LogP contribution in [0.5, 0.6) is 0 Å². The lowest BCUT2D eigenvalue weighted by Gasteiger charge is -2.01. The molecule has 5 nitrogen and oxygen atoms in total. The molecule has 1 N–H and O–H groups in total. The van der Waals surface area contributed by atoms with Crippen LogP contribution in [-0.4, -0.2) is 19.7 Å². The predicted molar refractivity (Wildman–Crippen MR) is 59.4 cm³/mol. The fraction of sp³-hybridized carbons (Fsp3) is 0. The van der Waals surface area contributed by atoms with Gasteiger partial charge in [0.05, 0.1) is 18.2 Å². The molecule has 0 saturated carbocycles. The Bertz CT molecular complexity index is 746. The SMILES string of the molecule is O=c1[nH]cnc2c1cnn2-c1cccc(F)c1. The molecular weight excluding hydrogens is 223 g/mol. The van der Waals surface area contributed by atoms with Gasteiger partial charge in [0.15, 0.2) is 5.65 Å². The van der Waals surface area contributed by atoms with Crippen LogP contribution in [0, 0.1) is 5.82 Å². The highest BCUT2D eigenvalue weighted by Crippen LogP contribution is 2.13. The second kappa shape index (κ2) is 3.51. The molecule has 6 heteroatoms. The number of nitrogens with one attached hydrogen (secondary N) is 1. The first-order chi connectivity index (χ1) is 8.25. The molecular formula is C11H7FN4O. The van der Waals surface area contributed by atoms with E-state index < -0.39 is 0 Å². The van der Waals surface area contributed by atoms with E-state index in [9.17, 15) is 9.18 Å². The van der Waals surface area contributed by atoms with Gasteiger partial charge in [0.1, 0.15) is 11.2 Å². The zero-order valence-electron chi connectivity index (χ0n) is 8.59. The van der Waals surface area contributed by atoms with Crippen molar-refractivity contribution in [3.63, 3.8) is 0 Å². The number of rotatable bonds is 1. The quantitative estimate of drug-likeness (QED) is 0.684. The number of fused-ring (bicyclic) bond motifs is 1. The number of hydrogen-bond donors (Lipinski definition) is 1. The van der Waals surface area contributed by atoms with Crippen LogP contribution in [0.25, 0.3) is 16.7 Å². The molecule has 0 aliphatic carbocycles. The predicted octanol–water partition coefficient (Wildman–Crippen LogP) is 1.25. The Kier molecular flexibility index (Phi) is 2.01. The van der Waals surface area contributed by atoms with Crippen molar-refractivity contribution in [2.45, 2.75) is 0 Å².